The number of hydrogen-bond acceptors (Lipinski definition) is 3. The lowest BCUT2D eigenvalue weighted by molar-refractivity contribution is -0.137. The number of esters is 1. The van der Waals surface area contributed by atoms with Crippen LogP contribution in [0.15, 0.2) is 12.2 Å². The van der Waals surface area contributed by atoms with Gasteiger partial charge in [-0.1, -0.05) is 33.8 Å². The number of Topliss-reactive ketones (excluding diaryl/α,β-unsaturated/α-hetero) is 1. The molecule has 0 atom stereocenters. The fourth-order valence-corrected chi connectivity index (χ4v) is 1.52. The summed E-state index contributed by atoms with van der Waals surface area (Å²) in [7, 11) is 0. The van der Waals surface area contributed by atoms with Crippen LogP contribution in [0.5, 0.6) is 0 Å². The highest BCUT2D eigenvalue weighted by molar-refractivity contribution is 5.86. The zero-order chi connectivity index (χ0) is 12.8. The quantitative estimate of drug-likeness (QED) is 0.516. The molecule has 0 aromatic carbocycles. The molecule has 0 N–H and O–H groups in total. The largest absolute Gasteiger partial charge is 0.463 e. The van der Waals surface area contributed by atoms with Crippen LogP contribution >= 0.6 is 0 Å². The molecule has 92 valence electrons. The number of allylic oxidation sites excluding steroid dienone is 1. The molecule has 0 aliphatic rings. The van der Waals surface area contributed by atoms with E-state index in [4.69, 9.17) is 4.74 Å². The molecule has 0 amide bonds. The Hall–Kier alpha value is -1.12. The molecule has 0 aliphatic heterocycles. The Morgan fingerprint density at radius 2 is 1.88 bits per heavy atom. The first kappa shape index (κ1) is 14.9. The molecule has 0 aliphatic carbocycles. The summed E-state index contributed by atoms with van der Waals surface area (Å²) in [5.74, 6) is -0.123. The van der Waals surface area contributed by atoms with E-state index in [1.807, 2.05) is 27.7 Å². The number of ketones is 1. The van der Waals surface area contributed by atoms with E-state index in [-0.39, 0.29) is 17.7 Å². The highest BCUT2D eigenvalue weighted by Crippen LogP contribution is 2.25. The lowest BCUT2D eigenvalue weighted by Crippen LogP contribution is -2.27. The number of carbonyl (C=O) groups is 2. The molecule has 0 aromatic rings. The van der Waals surface area contributed by atoms with Gasteiger partial charge in [-0.25, -0.2) is 4.79 Å². The first-order valence-corrected chi connectivity index (χ1v) is 5.69. The van der Waals surface area contributed by atoms with Crippen molar-refractivity contribution in [2.24, 2.45) is 11.3 Å². The van der Waals surface area contributed by atoms with E-state index in [1.165, 1.54) is 6.08 Å². The Labute approximate surface area is 97.9 Å². The van der Waals surface area contributed by atoms with E-state index in [2.05, 4.69) is 0 Å². The fourth-order valence-electron chi connectivity index (χ4n) is 1.52. The van der Waals surface area contributed by atoms with Gasteiger partial charge in [-0.2, -0.15) is 0 Å². The van der Waals surface area contributed by atoms with Gasteiger partial charge in [-0.15, -0.1) is 0 Å². The van der Waals surface area contributed by atoms with Crippen molar-refractivity contribution >= 4 is 11.8 Å². The number of hydrogen-bond donors (Lipinski definition) is 0. The van der Waals surface area contributed by atoms with Crippen LogP contribution in [0.25, 0.3) is 0 Å². The smallest absolute Gasteiger partial charge is 0.330 e. The molecule has 0 spiro atoms. The molecule has 16 heavy (non-hydrogen) atoms. The van der Waals surface area contributed by atoms with Crippen LogP contribution in [0.3, 0.4) is 0 Å². The average molecular weight is 226 g/mol. The van der Waals surface area contributed by atoms with Gasteiger partial charge in [0.1, 0.15) is 5.78 Å². The maximum Gasteiger partial charge on any atom is 0.330 e. The second-order valence-electron chi connectivity index (χ2n) is 4.76. The normalized spacial score (nSPS) is 12.1. The number of rotatable bonds is 6. The molecule has 0 fully saturated rings. The Balaban J connectivity index is 4.28. The Morgan fingerprint density at radius 3 is 2.31 bits per heavy atom. The van der Waals surface area contributed by atoms with E-state index < -0.39 is 5.41 Å². The Kier molecular flexibility index (Phi) is 6.01. The second-order valence-corrected chi connectivity index (χ2v) is 4.76. The van der Waals surface area contributed by atoms with Gasteiger partial charge in [0, 0.05) is 17.4 Å². The first-order valence-electron chi connectivity index (χ1n) is 5.69. The molecule has 0 radical (unpaired) electrons. The number of ether oxygens (including phenoxy) is 1. The molecule has 0 rings (SSSR count). The van der Waals surface area contributed by atoms with Crippen molar-refractivity contribution in [1.29, 1.82) is 0 Å². The summed E-state index contributed by atoms with van der Waals surface area (Å²) in [5, 5.41) is 0. The van der Waals surface area contributed by atoms with E-state index >= 15 is 0 Å². The van der Waals surface area contributed by atoms with E-state index in [0.717, 1.165) is 0 Å². The topological polar surface area (TPSA) is 43.4 Å². The van der Waals surface area contributed by atoms with Crippen LogP contribution in [0.1, 0.15) is 41.0 Å². The van der Waals surface area contributed by atoms with Crippen molar-refractivity contribution in [1.82, 2.24) is 0 Å². The molecule has 3 nitrogen and oxygen atoms in total. The highest BCUT2D eigenvalue weighted by Gasteiger charge is 2.27. The fraction of sp³-hybridized carbons (Fsp3) is 0.692. The molecule has 0 bridgehead atoms. The maximum atomic E-state index is 11.8. The van der Waals surface area contributed by atoms with Gasteiger partial charge in [-0.05, 0) is 13.3 Å². The number of carbonyl (C=O) groups excluding carboxylic acids is 2. The third-order valence-corrected chi connectivity index (χ3v) is 2.36. The van der Waals surface area contributed by atoms with Gasteiger partial charge < -0.3 is 4.74 Å². The van der Waals surface area contributed by atoms with Crippen molar-refractivity contribution in [2.45, 2.75) is 41.0 Å². The van der Waals surface area contributed by atoms with E-state index in [1.54, 1.807) is 13.0 Å². The standard InChI is InChI=1S/C13H22O3/c1-6-16-11(14)8-7-9-13(4,5)12(15)10(2)3/h7-8,10H,6,9H2,1-5H3/b8-7+. The second kappa shape index (κ2) is 6.46. The van der Waals surface area contributed by atoms with Crippen LogP contribution in [-0.4, -0.2) is 18.4 Å². The summed E-state index contributed by atoms with van der Waals surface area (Å²) in [6.07, 6.45) is 3.65. The van der Waals surface area contributed by atoms with Crippen LogP contribution in [-0.2, 0) is 14.3 Å². The minimum Gasteiger partial charge on any atom is -0.463 e. The first-order chi connectivity index (χ1) is 7.31. The summed E-state index contributed by atoms with van der Waals surface area (Å²) in [6.45, 7) is 9.70. The highest BCUT2D eigenvalue weighted by atomic mass is 16.5. The summed E-state index contributed by atoms with van der Waals surface area (Å²) < 4.78 is 4.75. The summed E-state index contributed by atoms with van der Waals surface area (Å²) >= 11 is 0. The van der Waals surface area contributed by atoms with Crippen molar-refractivity contribution < 1.29 is 14.3 Å². The van der Waals surface area contributed by atoms with Crippen molar-refractivity contribution in [2.75, 3.05) is 6.61 Å². The van der Waals surface area contributed by atoms with Crippen molar-refractivity contribution in [3.8, 4) is 0 Å². The van der Waals surface area contributed by atoms with Crippen LogP contribution in [0.4, 0.5) is 0 Å². The summed E-state index contributed by atoms with van der Waals surface area (Å²) in [4.78, 5) is 22.9. The van der Waals surface area contributed by atoms with Crippen LogP contribution in [0.2, 0.25) is 0 Å². The summed E-state index contributed by atoms with van der Waals surface area (Å²) in [5.41, 5.74) is -0.419. The lowest BCUT2D eigenvalue weighted by Gasteiger charge is -2.23. The Bertz CT molecular complexity index is 275. The van der Waals surface area contributed by atoms with E-state index in [0.29, 0.717) is 13.0 Å². The van der Waals surface area contributed by atoms with Crippen LogP contribution in [0, 0.1) is 11.3 Å². The van der Waals surface area contributed by atoms with Gasteiger partial charge in [0.05, 0.1) is 6.61 Å². The predicted octanol–water partition coefficient (Wildman–Crippen LogP) is 2.75. The monoisotopic (exact) mass is 226 g/mol. The van der Waals surface area contributed by atoms with Gasteiger partial charge >= 0.3 is 5.97 Å². The SMILES string of the molecule is CCOC(=O)/C=C/CC(C)(C)C(=O)C(C)C. The molecular formula is C13H22O3. The van der Waals surface area contributed by atoms with E-state index in [9.17, 15) is 9.59 Å². The van der Waals surface area contributed by atoms with Crippen LogP contribution < -0.4 is 0 Å². The van der Waals surface area contributed by atoms with Crippen molar-refractivity contribution in [3.05, 3.63) is 12.2 Å². The zero-order valence-corrected chi connectivity index (χ0v) is 10.9. The summed E-state index contributed by atoms with van der Waals surface area (Å²) in [6, 6.07) is 0. The molecule has 0 aromatic heterocycles. The van der Waals surface area contributed by atoms with Gasteiger partial charge in [0.2, 0.25) is 0 Å². The minimum atomic E-state index is -0.419. The molecule has 3 heteroatoms. The van der Waals surface area contributed by atoms with Crippen molar-refractivity contribution in [3.63, 3.8) is 0 Å². The van der Waals surface area contributed by atoms with Gasteiger partial charge in [0.25, 0.3) is 0 Å². The Morgan fingerprint density at radius 1 is 1.31 bits per heavy atom. The predicted molar refractivity (Wildman–Crippen MR) is 64.0 cm³/mol. The molecule has 0 heterocycles. The maximum absolute atomic E-state index is 11.8. The zero-order valence-electron chi connectivity index (χ0n) is 10.9. The average Bonchev–Trinajstić information content (AvgIpc) is 2.16. The molecule has 0 unspecified atom stereocenters. The van der Waals surface area contributed by atoms with Gasteiger partial charge in [0.15, 0.2) is 0 Å². The molecule has 0 saturated carbocycles. The van der Waals surface area contributed by atoms with Gasteiger partial charge in [-0.3, -0.25) is 4.79 Å². The third-order valence-electron chi connectivity index (χ3n) is 2.36. The molecular weight excluding hydrogens is 204 g/mol. The lowest BCUT2D eigenvalue weighted by atomic mass is 9.80. The third kappa shape index (κ3) is 5.10. The molecule has 0 saturated heterocycles. The minimum absolute atomic E-state index is 0.0194.